The second-order valence-electron chi connectivity index (χ2n) is 7.00. The van der Waals surface area contributed by atoms with E-state index in [9.17, 15) is 5.11 Å². The van der Waals surface area contributed by atoms with E-state index in [4.69, 9.17) is 0 Å². The molecule has 23 heavy (non-hydrogen) atoms. The first-order valence-electron chi connectivity index (χ1n) is 10.1. The van der Waals surface area contributed by atoms with Crippen molar-refractivity contribution >= 4 is 0 Å². The Balaban J connectivity index is 2.20. The molecule has 0 fully saturated rings. The van der Waals surface area contributed by atoms with Crippen LogP contribution in [0, 0.1) is 0 Å². The maximum Gasteiger partial charge on any atom is 0.119 e. The van der Waals surface area contributed by atoms with Crippen molar-refractivity contribution < 1.29 is 5.11 Å². The average molecular weight is 319 g/mol. The Hall–Kier alpha value is -0.980. The van der Waals surface area contributed by atoms with Gasteiger partial charge in [-0.1, -0.05) is 90.2 Å². The molecule has 1 rings (SSSR count). The summed E-state index contributed by atoms with van der Waals surface area (Å²) in [4.78, 5) is 0. The number of hydrogen-bond acceptors (Lipinski definition) is 1. The fraction of sp³-hybridized carbons (Fsp3) is 0.727. The average Bonchev–Trinajstić information content (AvgIpc) is 2.55. The Kier molecular flexibility index (Phi) is 11.7. The Morgan fingerprint density at radius 1 is 0.652 bits per heavy atom. The largest absolute Gasteiger partial charge is 0.508 e. The maximum absolute atomic E-state index is 10.2. The summed E-state index contributed by atoms with van der Waals surface area (Å²) in [6, 6.07) is 6.37. The molecule has 0 heterocycles. The lowest BCUT2D eigenvalue weighted by molar-refractivity contribution is 0.465. The van der Waals surface area contributed by atoms with E-state index in [1.165, 1.54) is 82.6 Å². The van der Waals surface area contributed by atoms with Crippen molar-refractivity contribution in [1.82, 2.24) is 0 Å². The van der Waals surface area contributed by atoms with Crippen LogP contribution in [-0.2, 0) is 12.8 Å². The zero-order valence-corrected chi connectivity index (χ0v) is 15.6. The van der Waals surface area contributed by atoms with Crippen molar-refractivity contribution in [3.05, 3.63) is 29.3 Å². The van der Waals surface area contributed by atoms with Gasteiger partial charge in [0.25, 0.3) is 0 Å². The molecule has 0 aromatic heterocycles. The smallest absolute Gasteiger partial charge is 0.119 e. The molecule has 0 saturated heterocycles. The molecule has 132 valence electrons. The van der Waals surface area contributed by atoms with Crippen LogP contribution in [0.3, 0.4) is 0 Å². The first kappa shape index (κ1) is 20.1. The summed E-state index contributed by atoms with van der Waals surface area (Å²) in [5.74, 6) is 0.516. The first-order chi connectivity index (χ1) is 11.3. The summed E-state index contributed by atoms with van der Waals surface area (Å²) < 4.78 is 0. The van der Waals surface area contributed by atoms with Crippen LogP contribution in [0.25, 0.3) is 0 Å². The third kappa shape index (κ3) is 9.69. The first-order valence-corrected chi connectivity index (χ1v) is 10.1. The Morgan fingerprint density at radius 2 is 1.17 bits per heavy atom. The van der Waals surface area contributed by atoms with E-state index >= 15 is 0 Å². The van der Waals surface area contributed by atoms with Crippen molar-refractivity contribution in [2.75, 3.05) is 0 Å². The van der Waals surface area contributed by atoms with Gasteiger partial charge < -0.3 is 5.11 Å². The highest BCUT2D eigenvalue weighted by Gasteiger charge is 2.03. The van der Waals surface area contributed by atoms with E-state index in [-0.39, 0.29) is 0 Å². The molecule has 0 radical (unpaired) electrons. The summed E-state index contributed by atoms with van der Waals surface area (Å²) in [6.07, 6.45) is 18.0. The van der Waals surface area contributed by atoms with E-state index in [2.05, 4.69) is 26.0 Å². The number of aromatic hydroxyl groups is 1. The van der Waals surface area contributed by atoms with Gasteiger partial charge in [0.05, 0.1) is 0 Å². The van der Waals surface area contributed by atoms with Crippen molar-refractivity contribution in [3.63, 3.8) is 0 Å². The number of phenolic OH excluding ortho intramolecular Hbond substituents is 1. The van der Waals surface area contributed by atoms with Gasteiger partial charge in [-0.15, -0.1) is 0 Å². The molecule has 0 bridgehead atoms. The molecule has 1 N–H and O–H groups in total. The van der Waals surface area contributed by atoms with Crippen LogP contribution in [-0.4, -0.2) is 5.11 Å². The van der Waals surface area contributed by atoms with Gasteiger partial charge in [0, 0.05) is 0 Å². The molecule has 1 aromatic carbocycles. The fourth-order valence-corrected chi connectivity index (χ4v) is 3.18. The Labute approximate surface area is 144 Å². The molecule has 0 aliphatic carbocycles. The zero-order chi connectivity index (χ0) is 16.8. The van der Waals surface area contributed by atoms with Gasteiger partial charge >= 0.3 is 0 Å². The number of phenols is 1. The normalized spacial score (nSPS) is 11.0. The molecular weight excluding hydrogens is 280 g/mol. The number of benzene rings is 1. The van der Waals surface area contributed by atoms with Crippen LogP contribution >= 0.6 is 0 Å². The molecular formula is C22H38O. The minimum atomic E-state index is 0.516. The maximum atomic E-state index is 10.2. The number of hydrogen-bond donors (Lipinski definition) is 1. The number of unbranched alkanes of at least 4 members (excludes halogenated alkanes) is 10. The molecule has 0 spiro atoms. The van der Waals surface area contributed by atoms with Crippen LogP contribution in [0.1, 0.15) is 102 Å². The summed E-state index contributed by atoms with van der Waals surface area (Å²) >= 11 is 0. The summed E-state index contributed by atoms with van der Waals surface area (Å²) in [5, 5.41) is 10.2. The number of aryl methyl sites for hydroxylation is 2. The van der Waals surface area contributed by atoms with Crippen LogP contribution < -0.4 is 0 Å². The molecule has 1 heteroatoms. The van der Waals surface area contributed by atoms with E-state index in [1.807, 2.05) is 6.07 Å². The van der Waals surface area contributed by atoms with Crippen LogP contribution in [0.15, 0.2) is 18.2 Å². The molecule has 0 unspecified atom stereocenters. The van der Waals surface area contributed by atoms with Crippen LogP contribution in [0.2, 0.25) is 0 Å². The standard InChI is InChI=1S/C22H38O/c1-3-5-7-9-11-13-15-20-17-18-21(22(23)19-20)16-14-12-10-8-6-4-2/h17-19,23H,3-16H2,1-2H3. The van der Waals surface area contributed by atoms with Crippen LogP contribution in [0.4, 0.5) is 0 Å². The highest BCUT2D eigenvalue weighted by molar-refractivity contribution is 5.36. The van der Waals surface area contributed by atoms with Gasteiger partial charge in [-0.05, 0) is 42.9 Å². The highest BCUT2D eigenvalue weighted by Crippen LogP contribution is 2.22. The fourth-order valence-electron chi connectivity index (χ4n) is 3.18. The predicted molar refractivity (Wildman–Crippen MR) is 102 cm³/mol. The van der Waals surface area contributed by atoms with Gasteiger partial charge in [0.2, 0.25) is 0 Å². The van der Waals surface area contributed by atoms with E-state index in [0.29, 0.717) is 5.75 Å². The minimum Gasteiger partial charge on any atom is -0.508 e. The Morgan fingerprint density at radius 3 is 1.74 bits per heavy atom. The van der Waals surface area contributed by atoms with E-state index in [1.54, 1.807) is 0 Å². The van der Waals surface area contributed by atoms with Gasteiger partial charge in [0.15, 0.2) is 0 Å². The molecule has 1 nitrogen and oxygen atoms in total. The van der Waals surface area contributed by atoms with Crippen LogP contribution in [0.5, 0.6) is 5.75 Å². The molecule has 0 atom stereocenters. The summed E-state index contributed by atoms with van der Waals surface area (Å²) in [6.45, 7) is 4.51. The van der Waals surface area contributed by atoms with Gasteiger partial charge in [0.1, 0.15) is 5.75 Å². The third-order valence-electron chi connectivity index (χ3n) is 4.77. The highest BCUT2D eigenvalue weighted by atomic mass is 16.3. The van der Waals surface area contributed by atoms with Gasteiger partial charge in [-0.3, -0.25) is 0 Å². The van der Waals surface area contributed by atoms with Crippen molar-refractivity contribution in [1.29, 1.82) is 0 Å². The van der Waals surface area contributed by atoms with E-state index in [0.717, 1.165) is 18.4 Å². The quantitative estimate of drug-likeness (QED) is 0.360. The van der Waals surface area contributed by atoms with Crippen molar-refractivity contribution in [2.24, 2.45) is 0 Å². The van der Waals surface area contributed by atoms with Gasteiger partial charge in [-0.25, -0.2) is 0 Å². The Bertz CT molecular complexity index is 397. The lowest BCUT2D eigenvalue weighted by Gasteiger charge is -2.08. The molecule has 0 aliphatic heterocycles. The van der Waals surface area contributed by atoms with Gasteiger partial charge in [-0.2, -0.15) is 0 Å². The topological polar surface area (TPSA) is 20.2 Å². The van der Waals surface area contributed by atoms with E-state index < -0.39 is 0 Å². The third-order valence-corrected chi connectivity index (χ3v) is 4.77. The molecule has 1 aromatic rings. The van der Waals surface area contributed by atoms with Crippen molar-refractivity contribution in [3.8, 4) is 5.75 Å². The number of rotatable bonds is 14. The monoisotopic (exact) mass is 318 g/mol. The second kappa shape index (κ2) is 13.5. The lowest BCUT2D eigenvalue weighted by Crippen LogP contribution is -1.91. The zero-order valence-electron chi connectivity index (χ0n) is 15.6. The van der Waals surface area contributed by atoms with Crippen molar-refractivity contribution in [2.45, 2.75) is 104 Å². The predicted octanol–water partition coefficient (Wildman–Crippen LogP) is 7.20. The SMILES string of the molecule is CCCCCCCCc1ccc(CCCCCCCC)c(O)c1. The lowest BCUT2D eigenvalue weighted by atomic mass is 10.00. The molecule has 0 saturated carbocycles. The second-order valence-corrected chi connectivity index (χ2v) is 7.00. The minimum absolute atomic E-state index is 0.516. The molecule has 0 amide bonds. The molecule has 0 aliphatic rings. The summed E-state index contributed by atoms with van der Waals surface area (Å²) in [7, 11) is 0. The summed E-state index contributed by atoms with van der Waals surface area (Å²) in [5.41, 5.74) is 2.43.